The fourth-order valence-electron chi connectivity index (χ4n) is 2.21. The molecule has 3 nitrogen and oxygen atoms in total. The van der Waals surface area contributed by atoms with Crippen molar-refractivity contribution < 1.29 is 9.53 Å². The Hall–Kier alpha value is -1.94. The minimum Gasteiger partial charge on any atom is -0.424 e. The molecule has 1 N–H and O–H groups in total. The van der Waals surface area contributed by atoms with Crippen molar-refractivity contribution in [3.8, 4) is 5.75 Å². The first kappa shape index (κ1) is 14.0. The predicted octanol–water partition coefficient (Wildman–Crippen LogP) is 4.99. The molecule has 21 heavy (non-hydrogen) atoms. The molecule has 4 heteroatoms. The third-order valence-electron chi connectivity index (χ3n) is 3.31. The first-order chi connectivity index (χ1) is 10.3. The van der Waals surface area contributed by atoms with Crippen LogP contribution in [0.4, 0.5) is 11.4 Å². The van der Waals surface area contributed by atoms with E-state index in [-0.39, 0.29) is 5.97 Å². The third-order valence-corrected chi connectivity index (χ3v) is 4.45. The largest absolute Gasteiger partial charge is 0.424 e. The maximum absolute atomic E-state index is 11.8. The van der Waals surface area contributed by atoms with Gasteiger partial charge < -0.3 is 10.1 Å². The van der Waals surface area contributed by atoms with Crippen molar-refractivity contribution in [2.45, 2.75) is 36.0 Å². The van der Waals surface area contributed by atoms with Crippen molar-refractivity contribution in [1.82, 2.24) is 0 Å². The molecule has 0 unspecified atom stereocenters. The summed E-state index contributed by atoms with van der Waals surface area (Å²) in [4.78, 5) is 14.1. The Morgan fingerprint density at radius 2 is 1.95 bits per heavy atom. The molecule has 1 aliphatic heterocycles. The van der Waals surface area contributed by atoms with Gasteiger partial charge in [-0.1, -0.05) is 43.3 Å². The van der Waals surface area contributed by atoms with E-state index in [1.807, 2.05) is 36.4 Å². The van der Waals surface area contributed by atoms with Crippen LogP contribution in [0.3, 0.4) is 0 Å². The molecule has 2 aromatic rings. The lowest BCUT2D eigenvalue weighted by atomic mass is 10.2. The summed E-state index contributed by atoms with van der Waals surface area (Å²) >= 11 is 1.69. The highest BCUT2D eigenvalue weighted by Gasteiger charge is 2.19. The summed E-state index contributed by atoms with van der Waals surface area (Å²) in [6.45, 7) is 2.06. The van der Waals surface area contributed by atoms with Crippen LogP contribution in [0.25, 0.3) is 0 Å². The zero-order valence-corrected chi connectivity index (χ0v) is 12.7. The Kier molecular flexibility index (Phi) is 4.15. The van der Waals surface area contributed by atoms with Crippen LogP contribution in [0, 0.1) is 0 Å². The topological polar surface area (TPSA) is 38.3 Å². The highest BCUT2D eigenvalue weighted by molar-refractivity contribution is 7.99. The van der Waals surface area contributed by atoms with E-state index in [0.717, 1.165) is 29.1 Å². The Labute approximate surface area is 128 Å². The van der Waals surface area contributed by atoms with E-state index in [9.17, 15) is 4.79 Å². The van der Waals surface area contributed by atoms with Crippen LogP contribution in [0.1, 0.15) is 26.2 Å². The fourth-order valence-corrected chi connectivity index (χ4v) is 3.22. The molecule has 1 aliphatic rings. The number of para-hydroxylation sites is 2. The normalized spacial score (nSPS) is 12.0. The number of fused-ring (bicyclic) bond motifs is 2. The molecular weight excluding hydrogens is 282 g/mol. The van der Waals surface area contributed by atoms with Gasteiger partial charge >= 0.3 is 5.97 Å². The molecule has 0 atom stereocenters. The van der Waals surface area contributed by atoms with Crippen LogP contribution >= 0.6 is 11.8 Å². The first-order valence-corrected chi connectivity index (χ1v) is 7.97. The average molecular weight is 299 g/mol. The van der Waals surface area contributed by atoms with E-state index in [1.54, 1.807) is 11.8 Å². The molecule has 1 heterocycles. The maximum atomic E-state index is 11.8. The van der Waals surface area contributed by atoms with Gasteiger partial charge in [-0.15, -0.1) is 0 Å². The summed E-state index contributed by atoms with van der Waals surface area (Å²) in [6.07, 6.45) is 2.31. The number of anilines is 2. The molecule has 0 fully saturated rings. The smallest absolute Gasteiger partial charge is 0.311 e. The second kappa shape index (κ2) is 6.22. The number of nitrogens with one attached hydrogen (secondary N) is 1. The van der Waals surface area contributed by atoms with Crippen LogP contribution in [0.5, 0.6) is 5.75 Å². The summed E-state index contributed by atoms with van der Waals surface area (Å²) in [5.41, 5.74) is 1.93. The highest BCUT2D eigenvalue weighted by atomic mass is 32.2. The number of rotatable bonds is 4. The van der Waals surface area contributed by atoms with Gasteiger partial charge in [0.05, 0.1) is 11.4 Å². The van der Waals surface area contributed by atoms with Gasteiger partial charge in [0.25, 0.3) is 0 Å². The van der Waals surface area contributed by atoms with Gasteiger partial charge in [0.15, 0.2) is 5.75 Å². The van der Waals surface area contributed by atoms with Crippen LogP contribution < -0.4 is 10.1 Å². The molecule has 0 aromatic heterocycles. The van der Waals surface area contributed by atoms with Gasteiger partial charge in [0.1, 0.15) is 0 Å². The lowest BCUT2D eigenvalue weighted by Crippen LogP contribution is -2.10. The van der Waals surface area contributed by atoms with E-state index >= 15 is 0 Å². The van der Waals surface area contributed by atoms with Gasteiger partial charge in [0.2, 0.25) is 0 Å². The number of hydrogen-bond acceptors (Lipinski definition) is 4. The standard InChI is InChI=1S/C17H17NO2S/c1-2-3-11-16(19)20-13-8-6-10-15-17(13)18-12-7-4-5-9-14(12)21-15/h4-10,18H,2-3,11H2,1H3. The molecule has 108 valence electrons. The van der Waals surface area contributed by atoms with Crippen molar-refractivity contribution in [2.75, 3.05) is 5.32 Å². The van der Waals surface area contributed by atoms with Gasteiger partial charge in [-0.25, -0.2) is 0 Å². The van der Waals surface area contributed by atoms with E-state index in [4.69, 9.17) is 4.74 Å². The summed E-state index contributed by atoms with van der Waals surface area (Å²) in [7, 11) is 0. The SMILES string of the molecule is CCCCC(=O)Oc1cccc2c1Nc1ccccc1S2. The van der Waals surface area contributed by atoms with E-state index in [0.29, 0.717) is 12.2 Å². The van der Waals surface area contributed by atoms with Crippen LogP contribution in [-0.2, 0) is 4.79 Å². The Bertz CT molecular complexity index is 670. The fraction of sp³-hybridized carbons (Fsp3) is 0.235. The number of hydrogen-bond donors (Lipinski definition) is 1. The lowest BCUT2D eigenvalue weighted by molar-refractivity contribution is -0.134. The quantitative estimate of drug-likeness (QED) is 0.544. The second-order valence-corrected chi connectivity index (χ2v) is 6.01. The zero-order chi connectivity index (χ0) is 14.7. The Morgan fingerprint density at radius 1 is 1.14 bits per heavy atom. The summed E-state index contributed by atoms with van der Waals surface area (Å²) in [6, 6.07) is 13.9. The molecule has 2 aromatic carbocycles. The van der Waals surface area contributed by atoms with Crippen molar-refractivity contribution in [1.29, 1.82) is 0 Å². The maximum Gasteiger partial charge on any atom is 0.311 e. The number of esters is 1. The molecule has 0 amide bonds. The molecule has 0 spiro atoms. The molecule has 0 aliphatic carbocycles. The van der Waals surface area contributed by atoms with Gasteiger partial charge in [-0.2, -0.15) is 0 Å². The third kappa shape index (κ3) is 3.05. The lowest BCUT2D eigenvalue weighted by Gasteiger charge is -2.22. The van der Waals surface area contributed by atoms with Crippen molar-refractivity contribution >= 4 is 29.1 Å². The average Bonchev–Trinajstić information content (AvgIpc) is 2.51. The number of benzene rings is 2. The van der Waals surface area contributed by atoms with Crippen LogP contribution in [0.15, 0.2) is 52.3 Å². The molecule has 0 saturated heterocycles. The Morgan fingerprint density at radius 3 is 2.81 bits per heavy atom. The van der Waals surface area contributed by atoms with Gasteiger partial charge in [0, 0.05) is 16.2 Å². The monoisotopic (exact) mass is 299 g/mol. The number of unbranched alkanes of at least 4 members (excludes halogenated alkanes) is 1. The predicted molar refractivity (Wildman–Crippen MR) is 85.4 cm³/mol. The highest BCUT2D eigenvalue weighted by Crippen LogP contribution is 2.47. The second-order valence-electron chi connectivity index (χ2n) is 4.93. The van der Waals surface area contributed by atoms with E-state index in [1.165, 1.54) is 4.90 Å². The van der Waals surface area contributed by atoms with E-state index in [2.05, 4.69) is 18.3 Å². The van der Waals surface area contributed by atoms with Gasteiger partial charge in [-0.05, 0) is 30.7 Å². The first-order valence-electron chi connectivity index (χ1n) is 7.15. The molecular formula is C17H17NO2S. The summed E-state index contributed by atoms with van der Waals surface area (Å²) < 4.78 is 5.52. The summed E-state index contributed by atoms with van der Waals surface area (Å²) in [5.74, 6) is 0.437. The number of carbonyl (C=O) groups excluding carboxylic acids is 1. The van der Waals surface area contributed by atoms with Crippen LogP contribution in [0.2, 0.25) is 0 Å². The van der Waals surface area contributed by atoms with Crippen molar-refractivity contribution in [3.05, 3.63) is 42.5 Å². The number of carbonyl (C=O) groups is 1. The summed E-state index contributed by atoms with van der Waals surface area (Å²) in [5, 5.41) is 3.37. The number of ether oxygens (including phenoxy) is 1. The van der Waals surface area contributed by atoms with Crippen molar-refractivity contribution in [2.24, 2.45) is 0 Å². The minimum atomic E-state index is -0.170. The molecule has 0 radical (unpaired) electrons. The molecule has 0 bridgehead atoms. The van der Waals surface area contributed by atoms with Crippen LogP contribution in [-0.4, -0.2) is 5.97 Å². The van der Waals surface area contributed by atoms with E-state index < -0.39 is 0 Å². The molecule has 0 saturated carbocycles. The Balaban J connectivity index is 1.84. The minimum absolute atomic E-state index is 0.170. The van der Waals surface area contributed by atoms with Gasteiger partial charge in [-0.3, -0.25) is 4.79 Å². The van der Waals surface area contributed by atoms with Crippen molar-refractivity contribution in [3.63, 3.8) is 0 Å². The molecule has 3 rings (SSSR count). The zero-order valence-electron chi connectivity index (χ0n) is 11.9.